The highest BCUT2D eigenvalue weighted by molar-refractivity contribution is 7.90. The minimum absolute atomic E-state index is 0.0585. The number of anilines is 1. The number of nitrogens with one attached hydrogen (secondary N) is 1. The Balaban J connectivity index is 1.94. The van der Waals surface area contributed by atoms with Gasteiger partial charge < -0.3 is 10.2 Å². The third-order valence-electron chi connectivity index (χ3n) is 6.86. The minimum atomic E-state index is -4.21. The van der Waals surface area contributed by atoms with E-state index in [4.69, 9.17) is 0 Å². The van der Waals surface area contributed by atoms with Gasteiger partial charge in [0.15, 0.2) is 0 Å². The highest BCUT2D eigenvalue weighted by Crippen LogP contribution is 2.24. The normalized spacial score (nSPS) is 15.3. The summed E-state index contributed by atoms with van der Waals surface area (Å²) in [6.07, 6.45) is 5.03. The van der Waals surface area contributed by atoms with E-state index in [9.17, 15) is 22.4 Å². The summed E-state index contributed by atoms with van der Waals surface area (Å²) in [6.45, 7) is 3.00. The lowest BCUT2D eigenvalue weighted by molar-refractivity contribution is -0.139. The first-order chi connectivity index (χ1) is 17.5. The summed E-state index contributed by atoms with van der Waals surface area (Å²) in [6, 6.07) is 12.1. The quantitative estimate of drug-likeness (QED) is 0.506. The van der Waals surface area contributed by atoms with Crippen LogP contribution in [0.25, 0.3) is 0 Å². The number of halogens is 1. The molecule has 1 aliphatic rings. The Labute approximate surface area is 219 Å². The minimum Gasteiger partial charge on any atom is -0.352 e. The van der Waals surface area contributed by atoms with E-state index in [1.54, 1.807) is 6.92 Å². The first-order valence-electron chi connectivity index (χ1n) is 12.6. The van der Waals surface area contributed by atoms with E-state index in [1.165, 1.54) is 37.2 Å². The van der Waals surface area contributed by atoms with Crippen molar-refractivity contribution in [2.75, 3.05) is 24.9 Å². The number of benzene rings is 2. The average molecular weight is 533 g/mol. The fourth-order valence-corrected chi connectivity index (χ4v) is 5.54. The summed E-state index contributed by atoms with van der Waals surface area (Å²) in [4.78, 5) is 28.4. The predicted octanol–water partition coefficient (Wildman–Crippen LogP) is 3.61. The topological polar surface area (TPSA) is 90.0 Å². The van der Waals surface area contributed by atoms with Gasteiger partial charge >= 0.3 is 10.2 Å². The molecule has 0 bridgehead atoms. The van der Waals surface area contributed by atoms with Crippen LogP contribution in [0.4, 0.5) is 10.1 Å². The first kappa shape index (κ1) is 28.6. The van der Waals surface area contributed by atoms with E-state index in [-0.39, 0.29) is 24.2 Å². The molecule has 2 aromatic carbocycles. The number of carbonyl (C=O) groups is 2. The van der Waals surface area contributed by atoms with Gasteiger partial charge in [-0.25, -0.2) is 8.70 Å². The smallest absolute Gasteiger partial charge is 0.304 e. The molecule has 1 aliphatic carbocycles. The van der Waals surface area contributed by atoms with Crippen molar-refractivity contribution in [2.24, 2.45) is 0 Å². The molecule has 0 saturated heterocycles. The van der Waals surface area contributed by atoms with Gasteiger partial charge in [-0.3, -0.25) is 9.59 Å². The Morgan fingerprint density at radius 1 is 1.03 bits per heavy atom. The molecule has 1 fully saturated rings. The molecule has 2 amide bonds. The molecule has 37 heavy (non-hydrogen) atoms. The van der Waals surface area contributed by atoms with Crippen molar-refractivity contribution < 1.29 is 22.4 Å². The second kappa shape index (κ2) is 12.5. The van der Waals surface area contributed by atoms with E-state index in [0.717, 1.165) is 57.9 Å². The molecule has 10 heteroatoms. The standard InChI is InChI=1S/C27H37FN4O4S/c1-20-12-8-9-13-22(20)18-31(21(2)27(34)29-23-14-6-5-7-15-23)26(33)19-32(37(35,36)30(3)4)25-17-11-10-16-24(25)28/h8-13,16-17,21,23H,5-7,14-15,18-19H2,1-4H3,(H,29,34). The molecule has 0 heterocycles. The molecule has 1 N–H and O–H groups in total. The molecule has 8 nitrogen and oxygen atoms in total. The van der Waals surface area contributed by atoms with Crippen LogP contribution >= 0.6 is 0 Å². The van der Waals surface area contributed by atoms with E-state index in [2.05, 4.69) is 5.32 Å². The monoisotopic (exact) mass is 532 g/mol. The van der Waals surface area contributed by atoms with Crippen molar-refractivity contribution in [2.45, 2.75) is 64.6 Å². The number of hydrogen-bond acceptors (Lipinski definition) is 4. The molecule has 3 rings (SSSR count). The number of hydrogen-bond donors (Lipinski definition) is 1. The van der Waals surface area contributed by atoms with Crippen molar-refractivity contribution in [1.29, 1.82) is 0 Å². The van der Waals surface area contributed by atoms with Gasteiger partial charge in [0.2, 0.25) is 11.8 Å². The summed E-state index contributed by atoms with van der Waals surface area (Å²) < 4.78 is 42.7. The van der Waals surface area contributed by atoms with E-state index >= 15 is 0 Å². The van der Waals surface area contributed by atoms with Gasteiger partial charge in [0.1, 0.15) is 18.4 Å². The van der Waals surface area contributed by atoms with Gasteiger partial charge in [0.05, 0.1) is 5.69 Å². The second-order valence-corrected chi connectivity index (χ2v) is 11.8. The molecular formula is C27H37FN4O4S. The van der Waals surface area contributed by atoms with Crippen molar-refractivity contribution in [3.05, 3.63) is 65.5 Å². The van der Waals surface area contributed by atoms with Gasteiger partial charge in [0.25, 0.3) is 0 Å². The highest BCUT2D eigenvalue weighted by atomic mass is 32.2. The zero-order chi connectivity index (χ0) is 27.2. The molecule has 2 aromatic rings. The largest absolute Gasteiger partial charge is 0.352 e. The fourth-order valence-electron chi connectivity index (χ4n) is 4.48. The summed E-state index contributed by atoms with van der Waals surface area (Å²) in [5, 5.41) is 3.06. The fraction of sp³-hybridized carbons (Fsp3) is 0.481. The number of para-hydroxylation sites is 1. The Bertz CT molecular complexity index is 1200. The molecule has 1 saturated carbocycles. The molecule has 0 aromatic heterocycles. The molecule has 202 valence electrons. The Hall–Kier alpha value is -2.98. The Morgan fingerprint density at radius 3 is 2.27 bits per heavy atom. The third kappa shape index (κ3) is 7.07. The summed E-state index contributed by atoms with van der Waals surface area (Å²) in [7, 11) is -1.58. The van der Waals surface area contributed by atoms with Crippen LogP contribution in [-0.2, 0) is 26.3 Å². The maximum absolute atomic E-state index is 14.7. The summed E-state index contributed by atoms with van der Waals surface area (Å²) >= 11 is 0. The van der Waals surface area contributed by atoms with Crippen molar-refractivity contribution >= 4 is 27.7 Å². The van der Waals surface area contributed by atoms with Gasteiger partial charge in [-0.1, -0.05) is 55.7 Å². The molecule has 1 atom stereocenters. The van der Waals surface area contributed by atoms with Crippen LogP contribution in [0.3, 0.4) is 0 Å². The lowest BCUT2D eigenvalue weighted by Crippen LogP contribution is -2.54. The SMILES string of the molecule is Cc1ccccc1CN(C(=O)CN(c1ccccc1F)S(=O)(=O)N(C)C)C(C)C(=O)NC1CCCCC1. The Kier molecular flexibility index (Phi) is 9.67. The predicted molar refractivity (Wildman–Crippen MR) is 143 cm³/mol. The maximum atomic E-state index is 14.7. The number of rotatable bonds is 10. The van der Waals surface area contributed by atoms with Crippen LogP contribution in [0.5, 0.6) is 0 Å². The van der Waals surface area contributed by atoms with Crippen molar-refractivity contribution in [3.8, 4) is 0 Å². The van der Waals surface area contributed by atoms with Crippen LogP contribution in [-0.4, -0.2) is 62.2 Å². The second-order valence-electron chi connectivity index (χ2n) is 9.72. The summed E-state index contributed by atoms with van der Waals surface area (Å²) in [5.41, 5.74) is 1.54. The molecule has 0 aliphatic heterocycles. The van der Waals surface area contributed by atoms with Crippen molar-refractivity contribution in [1.82, 2.24) is 14.5 Å². The molecule has 0 spiro atoms. The zero-order valence-electron chi connectivity index (χ0n) is 22.0. The molecule has 1 unspecified atom stereocenters. The van der Waals surface area contributed by atoms with Crippen LogP contribution < -0.4 is 9.62 Å². The number of aryl methyl sites for hydroxylation is 1. The van der Waals surface area contributed by atoms with Crippen LogP contribution in [0.15, 0.2) is 48.5 Å². The third-order valence-corrected chi connectivity index (χ3v) is 8.67. The van der Waals surface area contributed by atoms with Crippen LogP contribution in [0.2, 0.25) is 0 Å². The van der Waals surface area contributed by atoms with Gasteiger partial charge in [-0.05, 0) is 49.9 Å². The van der Waals surface area contributed by atoms with Gasteiger partial charge in [-0.15, -0.1) is 0 Å². The Morgan fingerprint density at radius 2 is 1.65 bits per heavy atom. The summed E-state index contributed by atoms with van der Waals surface area (Å²) in [5.74, 6) is -1.67. The molecular weight excluding hydrogens is 495 g/mol. The lowest BCUT2D eigenvalue weighted by atomic mass is 9.95. The number of carbonyl (C=O) groups excluding carboxylic acids is 2. The lowest BCUT2D eigenvalue weighted by Gasteiger charge is -2.34. The van der Waals surface area contributed by atoms with E-state index in [1.807, 2.05) is 31.2 Å². The zero-order valence-corrected chi connectivity index (χ0v) is 22.8. The first-order valence-corrected chi connectivity index (χ1v) is 14.0. The molecule has 0 radical (unpaired) electrons. The van der Waals surface area contributed by atoms with Crippen LogP contribution in [0, 0.1) is 12.7 Å². The highest BCUT2D eigenvalue weighted by Gasteiger charge is 2.34. The number of nitrogens with zero attached hydrogens (tertiary/aromatic N) is 3. The van der Waals surface area contributed by atoms with E-state index in [0.29, 0.717) is 0 Å². The maximum Gasteiger partial charge on any atom is 0.304 e. The average Bonchev–Trinajstić information content (AvgIpc) is 2.87. The van der Waals surface area contributed by atoms with E-state index < -0.39 is 34.5 Å². The van der Waals surface area contributed by atoms with Crippen LogP contribution in [0.1, 0.15) is 50.2 Å². The van der Waals surface area contributed by atoms with Gasteiger partial charge in [-0.2, -0.15) is 12.7 Å². The van der Waals surface area contributed by atoms with Crippen molar-refractivity contribution in [3.63, 3.8) is 0 Å². The van der Waals surface area contributed by atoms with Gasteiger partial charge in [0, 0.05) is 26.7 Å². The number of amides is 2.